The van der Waals surface area contributed by atoms with Gasteiger partial charge in [0.05, 0.1) is 16.8 Å². The molecule has 0 aliphatic heterocycles. The quantitative estimate of drug-likeness (QED) is 0.758. The van der Waals surface area contributed by atoms with E-state index in [0.717, 1.165) is 28.7 Å². The van der Waals surface area contributed by atoms with Crippen LogP contribution in [0.15, 0.2) is 48.7 Å². The van der Waals surface area contributed by atoms with Crippen LogP contribution < -0.4 is 5.32 Å². The maximum absolute atomic E-state index is 9.41. The number of aryl methyl sites for hydroxylation is 2. The molecule has 0 saturated carbocycles. The Morgan fingerprint density at radius 1 is 1.18 bits per heavy atom. The molecule has 0 bridgehead atoms. The van der Waals surface area contributed by atoms with Gasteiger partial charge in [0, 0.05) is 17.3 Å². The first-order valence-electron chi connectivity index (χ1n) is 7.36. The third kappa shape index (κ3) is 2.64. The van der Waals surface area contributed by atoms with E-state index in [1.54, 1.807) is 6.20 Å². The van der Waals surface area contributed by atoms with E-state index in [2.05, 4.69) is 54.5 Å². The lowest BCUT2D eigenvalue weighted by Crippen LogP contribution is -1.97. The summed E-state index contributed by atoms with van der Waals surface area (Å²) in [6, 6.07) is 16.6. The Balaban J connectivity index is 2.19. The van der Waals surface area contributed by atoms with Crippen LogP contribution in [-0.2, 0) is 6.42 Å². The summed E-state index contributed by atoms with van der Waals surface area (Å²) in [7, 11) is 0. The topological polar surface area (TPSA) is 48.7 Å². The third-order valence-corrected chi connectivity index (χ3v) is 3.75. The van der Waals surface area contributed by atoms with E-state index in [1.807, 2.05) is 18.2 Å². The van der Waals surface area contributed by atoms with Crippen LogP contribution in [0.3, 0.4) is 0 Å². The van der Waals surface area contributed by atoms with Crippen LogP contribution in [0.25, 0.3) is 10.9 Å². The lowest BCUT2D eigenvalue weighted by molar-refractivity contribution is 1.14. The Labute approximate surface area is 130 Å². The van der Waals surface area contributed by atoms with Gasteiger partial charge in [-0.15, -0.1) is 0 Å². The SMILES string of the molecule is CCc1ccc2ncc(C#N)c(Nc3cccc(C)c3)c2c1. The molecule has 3 heteroatoms. The Morgan fingerprint density at radius 3 is 2.77 bits per heavy atom. The maximum atomic E-state index is 9.41. The number of nitriles is 1. The largest absolute Gasteiger partial charge is 0.354 e. The molecule has 0 atom stereocenters. The second-order valence-electron chi connectivity index (χ2n) is 5.36. The van der Waals surface area contributed by atoms with Crippen molar-refractivity contribution in [2.24, 2.45) is 0 Å². The van der Waals surface area contributed by atoms with E-state index < -0.39 is 0 Å². The van der Waals surface area contributed by atoms with Gasteiger partial charge in [-0.05, 0) is 48.7 Å². The van der Waals surface area contributed by atoms with E-state index in [4.69, 9.17) is 0 Å². The Bertz CT molecular complexity index is 875. The number of hydrogen-bond acceptors (Lipinski definition) is 3. The number of pyridine rings is 1. The molecule has 0 unspecified atom stereocenters. The van der Waals surface area contributed by atoms with Crippen LogP contribution in [-0.4, -0.2) is 4.98 Å². The summed E-state index contributed by atoms with van der Waals surface area (Å²) in [5.74, 6) is 0. The third-order valence-electron chi connectivity index (χ3n) is 3.75. The summed E-state index contributed by atoms with van der Waals surface area (Å²) in [6.07, 6.45) is 2.59. The molecule has 22 heavy (non-hydrogen) atoms. The van der Waals surface area contributed by atoms with Crippen LogP contribution in [0.1, 0.15) is 23.6 Å². The van der Waals surface area contributed by atoms with Gasteiger partial charge in [-0.1, -0.05) is 25.1 Å². The van der Waals surface area contributed by atoms with Crippen molar-refractivity contribution in [2.75, 3.05) is 5.32 Å². The normalized spacial score (nSPS) is 10.4. The van der Waals surface area contributed by atoms with Gasteiger partial charge in [-0.3, -0.25) is 4.98 Å². The monoisotopic (exact) mass is 287 g/mol. The summed E-state index contributed by atoms with van der Waals surface area (Å²) >= 11 is 0. The molecule has 0 radical (unpaired) electrons. The van der Waals surface area contributed by atoms with Gasteiger partial charge in [0.25, 0.3) is 0 Å². The van der Waals surface area contributed by atoms with Crippen molar-refractivity contribution in [3.8, 4) is 6.07 Å². The minimum absolute atomic E-state index is 0.558. The minimum Gasteiger partial charge on any atom is -0.354 e. The number of anilines is 2. The van der Waals surface area contributed by atoms with Crippen LogP contribution >= 0.6 is 0 Å². The summed E-state index contributed by atoms with van der Waals surface area (Å²) in [4.78, 5) is 4.38. The zero-order chi connectivity index (χ0) is 15.5. The highest BCUT2D eigenvalue weighted by molar-refractivity contribution is 5.96. The molecular formula is C19H17N3. The van der Waals surface area contributed by atoms with Crippen LogP contribution in [0, 0.1) is 18.3 Å². The van der Waals surface area contributed by atoms with Gasteiger partial charge in [0.2, 0.25) is 0 Å². The predicted octanol–water partition coefficient (Wildman–Crippen LogP) is 4.72. The second-order valence-corrected chi connectivity index (χ2v) is 5.36. The molecule has 0 spiro atoms. The molecule has 3 aromatic rings. The molecule has 3 nitrogen and oxygen atoms in total. The summed E-state index contributed by atoms with van der Waals surface area (Å²) < 4.78 is 0. The first kappa shape index (κ1) is 14.1. The van der Waals surface area contributed by atoms with E-state index >= 15 is 0 Å². The summed E-state index contributed by atoms with van der Waals surface area (Å²) in [5, 5.41) is 13.8. The molecule has 108 valence electrons. The van der Waals surface area contributed by atoms with Crippen molar-refractivity contribution in [1.29, 1.82) is 5.26 Å². The number of nitrogens with one attached hydrogen (secondary N) is 1. The highest BCUT2D eigenvalue weighted by atomic mass is 14.9. The molecule has 1 heterocycles. The fourth-order valence-corrected chi connectivity index (χ4v) is 2.55. The van der Waals surface area contributed by atoms with Crippen molar-refractivity contribution in [1.82, 2.24) is 4.98 Å². The first-order valence-corrected chi connectivity index (χ1v) is 7.36. The average Bonchev–Trinajstić information content (AvgIpc) is 2.55. The Morgan fingerprint density at radius 2 is 2.05 bits per heavy atom. The second kappa shape index (κ2) is 5.87. The van der Waals surface area contributed by atoms with Gasteiger partial charge in [0.1, 0.15) is 6.07 Å². The highest BCUT2D eigenvalue weighted by Gasteiger charge is 2.10. The van der Waals surface area contributed by atoms with Gasteiger partial charge >= 0.3 is 0 Å². The molecule has 3 rings (SSSR count). The zero-order valence-electron chi connectivity index (χ0n) is 12.7. The van der Waals surface area contributed by atoms with E-state index in [1.165, 1.54) is 11.1 Å². The molecule has 2 aromatic carbocycles. The predicted molar refractivity (Wildman–Crippen MR) is 90.3 cm³/mol. The summed E-state index contributed by atoms with van der Waals surface area (Å²) in [6.45, 7) is 4.17. The van der Waals surface area contributed by atoms with Crippen molar-refractivity contribution in [2.45, 2.75) is 20.3 Å². The number of hydrogen-bond donors (Lipinski definition) is 1. The number of rotatable bonds is 3. The van der Waals surface area contributed by atoms with Crippen molar-refractivity contribution >= 4 is 22.3 Å². The minimum atomic E-state index is 0.558. The Kier molecular flexibility index (Phi) is 3.76. The van der Waals surface area contributed by atoms with Gasteiger partial charge < -0.3 is 5.32 Å². The van der Waals surface area contributed by atoms with Gasteiger partial charge in [0.15, 0.2) is 0 Å². The van der Waals surface area contributed by atoms with Crippen molar-refractivity contribution < 1.29 is 0 Å². The lowest BCUT2D eigenvalue weighted by Gasteiger charge is -2.12. The molecule has 1 aromatic heterocycles. The number of aromatic nitrogens is 1. The molecule has 0 saturated heterocycles. The number of nitrogens with zero attached hydrogens (tertiary/aromatic N) is 2. The molecular weight excluding hydrogens is 270 g/mol. The van der Waals surface area contributed by atoms with Gasteiger partial charge in [-0.2, -0.15) is 5.26 Å². The number of benzene rings is 2. The van der Waals surface area contributed by atoms with Crippen LogP contribution in [0.2, 0.25) is 0 Å². The fraction of sp³-hybridized carbons (Fsp3) is 0.158. The molecule has 0 amide bonds. The van der Waals surface area contributed by atoms with Crippen molar-refractivity contribution in [3.05, 3.63) is 65.4 Å². The lowest BCUT2D eigenvalue weighted by atomic mass is 10.0. The summed E-state index contributed by atoms with van der Waals surface area (Å²) in [5.41, 5.74) is 5.67. The maximum Gasteiger partial charge on any atom is 0.103 e. The first-order chi connectivity index (χ1) is 10.7. The van der Waals surface area contributed by atoms with E-state index in [9.17, 15) is 5.26 Å². The van der Waals surface area contributed by atoms with Gasteiger partial charge in [-0.25, -0.2) is 0 Å². The number of fused-ring (bicyclic) bond motifs is 1. The van der Waals surface area contributed by atoms with Crippen LogP contribution in [0.4, 0.5) is 11.4 Å². The fourth-order valence-electron chi connectivity index (χ4n) is 2.55. The highest BCUT2D eigenvalue weighted by Crippen LogP contribution is 2.29. The standard InChI is InChI=1S/C19H17N3/c1-3-14-7-8-18-17(10-14)19(15(11-20)12-21-18)22-16-6-4-5-13(2)9-16/h4-10,12H,3H2,1-2H3,(H,21,22). The molecule has 0 aliphatic rings. The molecule has 0 fully saturated rings. The smallest absolute Gasteiger partial charge is 0.103 e. The molecule has 0 aliphatic carbocycles. The van der Waals surface area contributed by atoms with Crippen molar-refractivity contribution in [3.63, 3.8) is 0 Å². The zero-order valence-corrected chi connectivity index (χ0v) is 12.7. The average molecular weight is 287 g/mol. The molecule has 1 N–H and O–H groups in total. The Hall–Kier alpha value is -2.86. The van der Waals surface area contributed by atoms with E-state index in [-0.39, 0.29) is 0 Å². The van der Waals surface area contributed by atoms with E-state index in [0.29, 0.717) is 5.56 Å². The van der Waals surface area contributed by atoms with Crippen LogP contribution in [0.5, 0.6) is 0 Å².